The number of carbonyl (C=O) groups excluding carboxylic acids is 1. The fraction of sp³-hybridized carbons (Fsp3) is 0.833. The molecule has 24 heavy (non-hydrogen) atoms. The predicted octanol–water partition coefficient (Wildman–Crippen LogP) is 2.32. The van der Waals surface area contributed by atoms with Crippen molar-refractivity contribution in [2.75, 3.05) is 26.2 Å². The molecule has 0 aliphatic carbocycles. The molecule has 0 spiro atoms. The van der Waals surface area contributed by atoms with Gasteiger partial charge in [-0.25, -0.2) is 9.67 Å². The number of hydrogen-bond acceptors (Lipinski definition) is 4. The number of rotatable bonds is 4. The molecule has 2 aliphatic rings. The molecule has 0 N–H and O–H groups in total. The van der Waals surface area contributed by atoms with Gasteiger partial charge < -0.3 is 4.90 Å². The van der Waals surface area contributed by atoms with Gasteiger partial charge in [-0.05, 0) is 59.0 Å². The number of hydrogen-bond donors (Lipinski definition) is 0. The summed E-state index contributed by atoms with van der Waals surface area (Å²) in [4.78, 5) is 22.1. The standard InChI is InChI=1S/C18H31N5O/c1-4-10-21-11-6-5-9-17(21)18(24)22-12-7-8-16(13-22)23-15(3)19-14(2)20-23/h16-17H,4-13H2,1-3H3/t16-,17+/m1/s1. The zero-order valence-corrected chi connectivity index (χ0v) is 15.4. The monoisotopic (exact) mass is 333 g/mol. The molecular weight excluding hydrogens is 302 g/mol. The third-order valence-electron chi connectivity index (χ3n) is 5.37. The lowest BCUT2D eigenvalue weighted by Gasteiger charge is -2.40. The number of likely N-dealkylation sites (tertiary alicyclic amines) is 2. The molecule has 2 saturated heterocycles. The van der Waals surface area contributed by atoms with Gasteiger partial charge in [-0.15, -0.1) is 0 Å². The molecule has 1 aromatic rings. The summed E-state index contributed by atoms with van der Waals surface area (Å²) >= 11 is 0. The highest BCUT2D eigenvalue weighted by Gasteiger charge is 2.34. The van der Waals surface area contributed by atoms with Crippen LogP contribution in [-0.2, 0) is 4.79 Å². The third kappa shape index (κ3) is 3.63. The summed E-state index contributed by atoms with van der Waals surface area (Å²) < 4.78 is 2.03. The van der Waals surface area contributed by atoms with E-state index in [4.69, 9.17) is 0 Å². The second kappa shape index (κ2) is 7.64. The average molecular weight is 333 g/mol. The lowest BCUT2D eigenvalue weighted by molar-refractivity contribution is -0.140. The highest BCUT2D eigenvalue weighted by Crippen LogP contribution is 2.25. The molecule has 6 nitrogen and oxygen atoms in total. The molecule has 0 radical (unpaired) electrons. The van der Waals surface area contributed by atoms with Crippen LogP contribution in [0, 0.1) is 13.8 Å². The highest BCUT2D eigenvalue weighted by molar-refractivity contribution is 5.82. The SMILES string of the molecule is CCCN1CCCC[C@H]1C(=O)N1CCC[C@@H](n2nc(C)nc2C)C1. The Bertz CT molecular complexity index is 568. The van der Waals surface area contributed by atoms with E-state index in [1.165, 1.54) is 12.8 Å². The van der Waals surface area contributed by atoms with E-state index in [1.54, 1.807) is 0 Å². The van der Waals surface area contributed by atoms with Crippen LogP contribution in [-0.4, -0.2) is 62.7 Å². The van der Waals surface area contributed by atoms with Crippen molar-refractivity contribution in [3.8, 4) is 0 Å². The van der Waals surface area contributed by atoms with Crippen molar-refractivity contribution in [3.05, 3.63) is 11.6 Å². The molecule has 134 valence electrons. The molecular formula is C18H31N5O. The maximum absolute atomic E-state index is 13.1. The Morgan fingerprint density at radius 1 is 1.17 bits per heavy atom. The van der Waals surface area contributed by atoms with Crippen LogP contribution in [0.1, 0.15) is 63.1 Å². The van der Waals surface area contributed by atoms with E-state index in [2.05, 4.69) is 26.8 Å². The van der Waals surface area contributed by atoms with E-state index in [-0.39, 0.29) is 12.1 Å². The quantitative estimate of drug-likeness (QED) is 0.848. The van der Waals surface area contributed by atoms with Gasteiger partial charge in [-0.1, -0.05) is 13.3 Å². The summed E-state index contributed by atoms with van der Waals surface area (Å²) in [5.41, 5.74) is 0. The minimum Gasteiger partial charge on any atom is -0.339 e. The van der Waals surface area contributed by atoms with E-state index in [9.17, 15) is 4.79 Å². The largest absolute Gasteiger partial charge is 0.339 e. The van der Waals surface area contributed by atoms with Crippen molar-refractivity contribution in [2.45, 2.75) is 71.4 Å². The summed E-state index contributed by atoms with van der Waals surface area (Å²) in [6.07, 6.45) is 6.66. The van der Waals surface area contributed by atoms with Gasteiger partial charge in [0.25, 0.3) is 0 Å². The molecule has 1 amide bonds. The molecule has 0 unspecified atom stereocenters. The Morgan fingerprint density at radius 3 is 2.71 bits per heavy atom. The predicted molar refractivity (Wildman–Crippen MR) is 93.9 cm³/mol. The summed E-state index contributed by atoms with van der Waals surface area (Å²) in [6, 6.07) is 0.364. The van der Waals surface area contributed by atoms with Gasteiger partial charge in [0.1, 0.15) is 11.6 Å². The topological polar surface area (TPSA) is 54.3 Å². The van der Waals surface area contributed by atoms with E-state index in [0.29, 0.717) is 5.91 Å². The van der Waals surface area contributed by atoms with Crippen LogP contribution in [0.5, 0.6) is 0 Å². The van der Waals surface area contributed by atoms with Crippen molar-refractivity contribution >= 4 is 5.91 Å². The highest BCUT2D eigenvalue weighted by atomic mass is 16.2. The van der Waals surface area contributed by atoms with Gasteiger partial charge in [0.15, 0.2) is 0 Å². The van der Waals surface area contributed by atoms with Crippen LogP contribution >= 0.6 is 0 Å². The van der Waals surface area contributed by atoms with Gasteiger partial charge in [0.05, 0.1) is 12.1 Å². The molecule has 2 aliphatic heterocycles. The zero-order valence-electron chi connectivity index (χ0n) is 15.4. The molecule has 1 aromatic heterocycles. The summed E-state index contributed by atoms with van der Waals surface area (Å²) in [5, 5.41) is 4.54. The van der Waals surface area contributed by atoms with Crippen LogP contribution in [0.3, 0.4) is 0 Å². The number of aromatic nitrogens is 3. The molecule has 2 atom stereocenters. The first-order valence-electron chi connectivity index (χ1n) is 9.52. The Hall–Kier alpha value is -1.43. The zero-order chi connectivity index (χ0) is 17.1. The Balaban J connectivity index is 1.69. The minimum atomic E-state index is 0.0935. The van der Waals surface area contributed by atoms with Gasteiger partial charge in [0, 0.05) is 13.1 Å². The van der Waals surface area contributed by atoms with Gasteiger partial charge in [0.2, 0.25) is 5.91 Å². The Labute approximate surface area is 145 Å². The summed E-state index contributed by atoms with van der Waals surface area (Å²) in [5.74, 6) is 2.11. The van der Waals surface area contributed by atoms with Gasteiger partial charge in [-0.3, -0.25) is 9.69 Å². The molecule has 0 bridgehead atoms. The number of nitrogens with zero attached hydrogens (tertiary/aromatic N) is 5. The fourth-order valence-electron chi connectivity index (χ4n) is 4.27. The number of carbonyl (C=O) groups is 1. The second-order valence-electron chi connectivity index (χ2n) is 7.28. The average Bonchev–Trinajstić information content (AvgIpc) is 2.93. The van der Waals surface area contributed by atoms with Crippen molar-refractivity contribution in [2.24, 2.45) is 0 Å². The minimum absolute atomic E-state index is 0.0935. The fourth-order valence-corrected chi connectivity index (χ4v) is 4.27. The van der Waals surface area contributed by atoms with E-state index < -0.39 is 0 Å². The molecule has 2 fully saturated rings. The summed E-state index contributed by atoms with van der Waals surface area (Å²) in [6.45, 7) is 9.91. The maximum Gasteiger partial charge on any atom is 0.239 e. The molecule has 3 heterocycles. The second-order valence-corrected chi connectivity index (χ2v) is 7.28. The number of amides is 1. The van der Waals surface area contributed by atoms with Gasteiger partial charge >= 0.3 is 0 Å². The smallest absolute Gasteiger partial charge is 0.239 e. The van der Waals surface area contributed by atoms with Crippen LogP contribution < -0.4 is 0 Å². The van der Waals surface area contributed by atoms with Crippen LogP contribution in [0.2, 0.25) is 0 Å². The van der Waals surface area contributed by atoms with Crippen LogP contribution in [0.4, 0.5) is 0 Å². The van der Waals surface area contributed by atoms with E-state index in [1.807, 2.05) is 18.5 Å². The van der Waals surface area contributed by atoms with Gasteiger partial charge in [-0.2, -0.15) is 5.10 Å². The van der Waals surface area contributed by atoms with Crippen molar-refractivity contribution in [3.63, 3.8) is 0 Å². The van der Waals surface area contributed by atoms with E-state index >= 15 is 0 Å². The van der Waals surface area contributed by atoms with Crippen LogP contribution in [0.25, 0.3) is 0 Å². The number of aryl methyl sites for hydroxylation is 2. The normalized spacial score (nSPS) is 25.9. The first-order chi connectivity index (χ1) is 11.6. The van der Waals surface area contributed by atoms with E-state index in [0.717, 1.165) is 63.5 Å². The first-order valence-corrected chi connectivity index (χ1v) is 9.52. The molecule has 0 aromatic carbocycles. The molecule has 0 saturated carbocycles. The molecule has 6 heteroatoms. The third-order valence-corrected chi connectivity index (χ3v) is 5.37. The maximum atomic E-state index is 13.1. The van der Waals surface area contributed by atoms with Crippen molar-refractivity contribution in [1.29, 1.82) is 0 Å². The molecule has 3 rings (SSSR count). The van der Waals surface area contributed by atoms with Crippen molar-refractivity contribution < 1.29 is 4.79 Å². The first kappa shape index (κ1) is 17.4. The van der Waals surface area contributed by atoms with Crippen molar-refractivity contribution in [1.82, 2.24) is 24.6 Å². The lowest BCUT2D eigenvalue weighted by atomic mass is 9.98. The lowest BCUT2D eigenvalue weighted by Crippen LogP contribution is -2.53. The number of piperidine rings is 2. The van der Waals surface area contributed by atoms with Crippen LogP contribution in [0.15, 0.2) is 0 Å². The Morgan fingerprint density at radius 2 is 2.00 bits per heavy atom. The summed E-state index contributed by atoms with van der Waals surface area (Å²) in [7, 11) is 0. The Kier molecular flexibility index (Phi) is 5.54.